The minimum Gasteiger partial charge on any atom is -0.493 e. The van der Waals surface area contributed by atoms with Gasteiger partial charge in [-0.1, -0.05) is 26.0 Å². The van der Waals surface area contributed by atoms with Gasteiger partial charge in [-0.3, -0.25) is 9.89 Å². The quantitative estimate of drug-likeness (QED) is 0.285. The first-order chi connectivity index (χ1) is 15.0. The Hall–Kier alpha value is -3.38. The van der Waals surface area contributed by atoms with Gasteiger partial charge >= 0.3 is 0 Å². The Labute approximate surface area is 181 Å². The largest absolute Gasteiger partial charge is 0.493 e. The van der Waals surface area contributed by atoms with Crippen LogP contribution in [0.1, 0.15) is 47.4 Å². The molecule has 0 aliphatic carbocycles. The molecule has 0 fully saturated rings. The van der Waals surface area contributed by atoms with E-state index in [4.69, 9.17) is 9.84 Å². The summed E-state index contributed by atoms with van der Waals surface area (Å²) in [6.45, 7) is 6.84. The van der Waals surface area contributed by atoms with Gasteiger partial charge < -0.3 is 14.8 Å². The van der Waals surface area contributed by atoms with Crippen LogP contribution in [0.15, 0.2) is 48.7 Å². The molecule has 2 aromatic heterocycles. The highest BCUT2D eigenvalue weighted by atomic mass is 16.5. The van der Waals surface area contributed by atoms with Crippen molar-refractivity contribution in [2.24, 2.45) is 0 Å². The average Bonchev–Trinajstić information content (AvgIpc) is 3.42. The fraction of sp³-hybridized carbons (Fsp3) is 0.280. The number of fused-ring (bicyclic) bond motifs is 1. The highest BCUT2D eigenvalue weighted by molar-refractivity contribution is 5.89. The monoisotopic (exact) mass is 417 g/mol. The van der Waals surface area contributed by atoms with Gasteiger partial charge in [0.15, 0.2) is 0 Å². The molecule has 0 amide bonds. The lowest BCUT2D eigenvalue weighted by Gasteiger charge is -2.27. The van der Waals surface area contributed by atoms with E-state index in [1.165, 1.54) is 0 Å². The van der Waals surface area contributed by atoms with Crippen LogP contribution in [0, 0.1) is 6.92 Å². The second-order valence-corrected chi connectivity index (χ2v) is 8.27. The van der Waals surface area contributed by atoms with E-state index in [9.17, 15) is 4.79 Å². The summed E-state index contributed by atoms with van der Waals surface area (Å²) in [5, 5.41) is 17.2. The minimum atomic E-state index is -0.455. The normalized spacial score (nSPS) is 11.7. The molecule has 0 saturated heterocycles. The molecule has 2 heterocycles. The molecular formula is C25H27N3O3. The Morgan fingerprint density at radius 2 is 2.00 bits per heavy atom. The Balaban J connectivity index is 1.78. The predicted octanol–water partition coefficient (Wildman–Crippen LogP) is 4.77. The van der Waals surface area contributed by atoms with Crippen molar-refractivity contribution in [3.05, 3.63) is 71.0 Å². The summed E-state index contributed by atoms with van der Waals surface area (Å²) in [5.41, 5.74) is 6.34. The van der Waals surface area contributed by atoms with Gasteiger partial charge in [-0.25, -0.2) is 0 Å². The van der Waals surface area contributed by atoms with E-state index < -0.39 is 5.41 Å². The van der Waals surface area contributed by atoms with E-state index in [-0.39, 0.29) is 6.61 Å². The van der Waals surface area contributed by atoms with Crippen LogP contribution in [0.3, 0.4) is 0 Å². The molecule has 4 rings (SSSR count). The van der Waals surface area contributed by atoms with Gasteiger partial charge in [0.05, 0.1) is 12.3 Å². The number of hydrogen-bond acceptors (Lipinski definition) is 4. The fourth-order valence-electron chi connectivity index (χ4n) is 4.21. The maximum Gasteiger partial charge on any atom is 0.150 e. The number of hydrogen-bond donors (Lipinski definition) is 3. The minimum absolute atomic E-state index is 0.0829. The predicted molar refractivity (Wildman–Crippen MR) is 122 cm³/mol. The summed E-state index contributed by atoms with van der Waals surface area (Å²) in [4.78, 5) is 15.4. The maximum absolute atomic E-state index is 11.8. The highest BCUT2D eigenvalue weighted by Gasteiger charge is 2.30. The summed E-state index contributed by atoms with van der Waals surface area (Å²) < 4.78 is 5.77. The van der Waals surface area contributed by atoms with Crippen molar-refractivity contribution < 1.29 is 14.6 Å². The van der Waals surface area contributed by atoms with Gasteiger partial charge in [-0.15, -0.1) is 0 Å². The van der Waals surface area contributed by atoms with E-state index in [1.807, 2.05) is 12.1 Å². The molecule has 6 nitrogen and oxygen atoms in total. The molecule has 0 atom stereocenters. The Morgan fingerprint density at radius 3 is 2.71 bits per heavy atom. The lowest BCUT2D eigenvalue weighted by atomic mass is 9.77. The second kappa shape index (κ2) is 8.40. The zero-order valence-electron chi connectivity index (χ0n) is 18.0. The number of H-pyrrole nitrogens is 2. The number of rotatable bonds is 8. The average molecular weight is 418 g/mol. The SMILES string of the molecule is Cc1c(C(C)(C)c2cc(OCCCO)ccc2C=O)[nH]c2cc(-c3ccn[nH]3)ccc12. The third-order valence-electron chi connectivity index (χ3n) is 5.89. The smallest absolute Gasteiger partial charge is 0.150 e. The van der Waals surface area contributed by atoms with Crippen molar-refractivity contribution in [1.82, 2.24) is 15.2 Å². The summed E-state index contributed by atoms with van der Waals surface area (Å²) in [7, 11) is 0. The van der Waals surface area contributed by atoms with E-state index in [0.717, 1.165) is 45.3 Å². The van der Waals surface area contributed by atoms with Crippen LogP contribution in [0.25, 0.3) is 22.2 Å². The van der Waals surface area contributed by atoms with Crippen LogP contribution >= 0.6 is 0 Å². The van der Waals surface area contributed by atoms with Gasteiger partial charge in [-0.2, -0.15) is 5.10 Å². The number of nitrogens with one attached hydrogen (secondary N) is 2. The zero-order valence-corrected chi connectivity index (χ0v) is 18.0. The molecule has 2 aromatic carbocycles. The molecule has 0 bridgehead atoms. The first kappa shape index (κ1) is 20.9. The first-order valence-electron chi connectivity index (χ1n) is 10.4. The number of aliphatic hydroxyl groups excluding tert-OH is 1. The number of ether oxygens (including phenoxy) is 1. The molecular weight excluding hydrogens is 390 g/mol. The van der Waals surface area contributed by atoms with Crippen LogP contribution in [0.2, 0.25) is 0 Å². The molecule has 0 aliphatic heterocycles. The van der Waals surface area contributed by atoms with Crippen LogP contribution in [0.4, 0.5) is 0 Å². The van der Waals surface area contributed by atoms with Crippen molar-refractivity contribution in [3.63, 3.8) is 0 Å². The molecule has 0 saturated carbocycles. The Bertz CT molecular complexity index is 1210. The van der Waals surface area contributed by atoms with Crippen LogP contribution in [-0.4, -0.2) is 39.8 Å². The number of aryl methyl sites for hydroxylation is 1. The van der Waals surface area contributed by atoms with Crippen molar-refractivity contribution in [2.75, 3.05) is 13.2 Å². The maximum atomic E-state index is 11.8. The zero-order chi connectivity index (χ0) is 22.0. The number of aldehydes is 1. The summed E-state index contributed by atoms with van der Waals surface area (Å²) >= 11 is 0. The number of aliphatic hydroxyl groups is 1. The fourth-order valence-corrected chi connectivity index (χ4v) is 4.21. The number of benzene rings is 2. The Kier molecular flexibility index (Phi) is 5.65. The number of carbonyl (C=O) groups is 1. The van der Waals surface area contributed by atoms with Crippen LogP contribution < -0.4 is 4.74 Å². The summed E-state index contributed by atoms with van der Waals surface area (Å²) in [5.74, 6) is 0.692. The van der Waals surface area contributed by atoms with Crippen LogP contribution in [-0.2, 0) is 5.41 Å². The van der Waals surface area contributed by atoms with Gasteiger partial charge in [-0.05, 0) is 48.4 Å². The molecule has 4 aromatic rings. The van der Waals surface area contributed by atoms with Crippen LogP contribution in [0.5, 0.6) is 5.75 Å². The molecule has 3 N–H and O–H groups in total. The van der Waals surface area contributed by atoms with Crippen molar-refractivity contribution in [2.45, 2.75) is 32.6 Å². The van der Waals surface area contributed by atoms with E-state index in [1.54, 1.807) is 18.3 Å². The van der Waals surface area contributed by atoms with E-state index in [2.05, 4.69) is 54.2 Å². The van der Waals surface area contributed by atoms with Crippen molar-refractivity contribution in [1.29, 1.82) is 0 Å². The molecule has 0 unspecified atom stereocenters. The molecule has 160 valence electrons. The molecule has 6 heteroatoms. The third kappa shape index (κ3) is 3.86. The lowest BCUT2D eigenvalue weighted by Crippen LogP contribution is -2.22. The standard InChI is InChI=1S/C25H27N3O3/c1-16-20-8-6-17(22-9-10-26-28-22)13-23(20)27-24(16)25(2,3)21-14-19(31-12-4-11-29)7-5-18(21)15-30/h5-10,13-15,27,29H,4,11-12H2,1-3H3,(H,26,28). The lowest BCUT2D eigenvalue weighted by molar-refractivity contribution is 0.112. The molecule has 0 aliphatic rings. The number of aromatic amines is 2. The molecule has 31 heavy (non-hydrogen) atoms. The Morgan fingerprint density at radius 1 is 1.16 bits per heavy atom. The topological polar surface area (TPSA) is 91.0 Å². The van der Waals surface area contributed by atoms with Crippen molar-refractivity contribution >= 4 is 17.2 Å². The number of aromatic nitrogens is 3. The number of carbonyl (C=O) groups excluding carboxylic acids is 1. The summed E-state index contributed by atoms with van der Waals surface area (Å²) in [6.07, 6.45) is 3.20. The second-order valence-electron chi connectivity index (χ2n) is 8.27. The molecule has 0 spiro atoms. The van der Waals surface area contributed by atoms with E-state index >= 15 is 0 Å². The van der Waals surface area contributed by atoms with Gasteiger partial charge in [0.25, 0.3) is 0 Å². The van der Waals surface area contributed by atoms with Crippen molar-refractivity contribution in [3.8, 4) is 17.0 Å². The number of nitrogens with zero attached hydrogens (tertiary/aromatic N) is 1. The molecule has 0 radical (unpaired) electrons. The van der Waals surface area contributed by atoms with Gasteiger partial charge in [0, 0.05) is 52.4 Å². The third-order valence-corrected chi connectivity index (χ3v) is 5.89. The summed E-state index contributed by atoms with van der Waals surface area (Å²) in [6, 6.07) is 13.8. The van der Waals surface area contributed by atoms with E-state index in [0.29, 0.717) is 24.3 Å². The van der Waals surface area contributed by atoms with Gasteiger partial charge in [0.2, 0.25) is 0 Å². The van der Waals surface area contributed by atoms with Gasteiger partial charge in [0.1, 0.15) is 12.0 Å². The first-order valence-corrected chi connectivity index (χ1v) is 10.4. The highest BCUT2D eigenvalue weighted by Crippen LogP contribution is 2.39.